The maximum absolute atomic E-state index is 12.6. The molecule has 0 saturated carbocycles. The molecule has 1 N–H and O–H groups in total. The second-order valence-corrected chi connectivity index (χ2v) is 8.25. The lowest BCUT2D eigenvalue weighted by Crippen LogP contribution is -2.50. The van der Waals surface area contributed by atoms with Gasteiger partial charge in [0.15, 0.2) is 5.65 Å². The summed E-state index contributed by atoms with van der Waals surface area (Å²) >= 11 is 12.0. The van der Waals surface area contributed by atoms with Crippen molar-refractivity contribution in [2.45, 2.75) is 0 Å². The van der Waals surface area contributed by atoms with Crippen LogP contribution in [0.15, 0.2) is 61.1 Å². The fourth-order valence-corrected chi connectivity index (χ4v) is 4.05. The molecule has 162 valence electrons. The number of fused-ring (bicyclic) bond motifs is 1. The first-order valence-corrected chi connectivity index (χ1v) is 10.9. The molecule has 0 aliphatic carbocycles. The normalized spacial score (nSPS) is 14.1. The Kier molecular flexibility index (Phi) is 5.55. The summed E-state index contributed by atoms with van der Waals surface area (Å²) < 4.78 is 1.75. The number of hydrogen-bond donors (Lipinski definition) is 1. The lowest BCUT2D eigenvalue weighted by molar-refractivity contribution is 0.208. The highest BCUT2D eigenvalue weighted by Gasteiger charge is 2.24. The van der Waals surface area contributed by atoms with Crippen molar-refractivity contribution in [2.75, 3.05) is 36.4 Å². The first-order valence-electron chi connectivity index (χ1n) is 10.1. The molecule has 1 fully saturated rings. The number of carbonyl (C=O) groups is 1. The Morgan fingerprint density at radius 1 is 0.938 bits per heavy atom. The first kappa shape index (κ1) is 20.5. The monoisotopic (exact) mass is 467 g/mol. The molecule has 4 aromatic rings. The maximum Gasteiger partial charge on any atom is 0.321 e. The Hall–Kier alpha value is -3.36. The first-order chi connectivity index (χ1) is 15.6. The number of nitrogens with one attached hydrogen (secondary N) is 1. The minimum Gasteiger partial charge on any atom is -0.352 e. The number of benzene rings is 2. The van der Waals surface area contributed by atoms with E-state index in [2.05, 4.69) is 25.3 Å². The van der Waals surface area contributed by atoms with Crippen LogP contribution in [0.2, 0.25) is 10.0 Å². The number of carbonyl (C=O) groups excluding carboxylic acids is 1. The molecule has 5 rings (SSSR count). The number of aromatic nitrogens is 4. The van der Waals surface area contributed by atoms with Gasteiger partial charge < -0.3 is 15.1 Å². The van der Waals surface area contributed by atoms with Gasteiger partial charge in [-0.15, -0.1) is 0 Å². The van der Waals surface area contributed by atoms with Crippen molar-refractivity contribution in [3.8, 4) is 5.69 Å². The number of hydrogen-bond acceptors (Lipinski definition) is 5. The van der Waals surface area contributed by atoms with Crippen LogP contribution >= 0.6 is 23.2 Å². The summed E-state index contributed by atoms with van der Waals surface area (Å²) in [6.45, 7) is 2.46. The summed E-state index contributed by atoms with van der Waals surface area (Å²) in [7, 11) is 0. The third-order valence-electron chi connectivity index (χ3n) is 5.36. The number of nitrogens with zero attached hydrogens (tertiary/aromatic N) is 6. The lowest BCUT2D eigenvalue weighted by atomic mass is 10.2. The van der Waals surface area contributed by atoms with Gasteiger partial charge in [0.05, 0.1) is 17.3 Å². The topological polar surface area (TPSA) is 79.2 Å². The minimum absolute atomic E-state index is 0.131. The number of urea groups is 1. The summed E-state index contributed by atoms with van der Waals surface area (Å²) in [6, 6.07) is 14.4. The van der Waals surface area contributed by atoms with E-state index in [0.29, 0.717) is 47.6 Å². The Balaban J connectivity index is 1.31. The zero-order valence-electron chi connectivity index (χ0n) is 16.9. The SMILES string of the molecule is O=C(Nc1ccc(Cl)cc1)N1CCN(c2ncnc3c2cnn3-c2cccc(Cl)c2)CC1. The molecule has 0 unspecified atom stereocenters. The smallest absolute Gasteiger partial charge is 0.321 e. The van der Waals surface area contributed by atoms with Crippen molar-refractivity contribution in [3.05, 3.63) is 71.1 Å². The molecule has 2 amide bonds. The third kappa shape index (κ3) is 4.06. The molecule has 2 aromatic carbocycles. The number of halogens is 2. The molecule has 0 atom stereocenters. The van der Waals surface area contributed by atoms with Crippen molar-refractivity contribution in [2.24, 2.45) is 0 Å². The summed E-state index contributed by atoms with van der Waals surface area (Å²) in [4.78, 5) is 25.5. The van der Waals surface area contributed by atoms with Gasteiger partial charge in [0.1, 0.15) is 12.1 Å². The molecule has 1 aliphatic heterocycles. The van der Waals surface area contributed by atoms with Gasteiger partial charge in [-0.3, -0.25) is 0 Å². The van der Waals surface area contributed by atoms with Crippen LogP contribution in [-0.2, 0) is 0 Å². The molecule has 1 aliphatic rings. The van der Waals surface area contributed by atoms with Crippen LogP contribution in [0.4, 0.5) is 16.3 Å². The lowest BCUT2D eigenvalue weighted by Gasteiger charge is -2.35. The summed E-state index contributed by atoms with van der Waals surface area (Å²) in [5.41, 5.74) is 2.26. The van der Waals surface area contributed by atoms with E-state index in [1.54, 1.807) is 46.4 Å². The molecule has 10 heteroatoms. The van der Waals surface area contributed by atoms with E-state index >= 15 is 0 Å². The zero-order chi connectivity index (χ0) is 22.1. The molecule has 0 spiro atoms. The molecule has 1 saturated heterocycles. The average molecular weight is 468 g/mol. The summed E-state index contributed by atoms with van der Waals surface area (Å²) in [5, 5.41) is 9.53. The largest absolute Gasteiger partial charge is 0.352 e. The summed E-state index contributed by atoms with van der Waals surface area (Å²) in [5.74, 6) is 0.807. The number of anilines is 2. The van der Waals surface area contributed by atoms with E-state index in [-0.39, 0.29) is 6.03 Å². The second-order valence-electron chi connectivity index (χ2n) is 7.38. The zero-order valence-corrected chi connectivity index (χ0v) is 18.5. The fourth-order valence-electron chi connectivity index (χ4n) is 3.74. The summed E-state index contributed by atoms with van der Waals surface area (Å²) in [6.07, 6.45) is 3.31. The van der Waals surface area contributed by atoms with Crippen LogP contribution in [0.1, 0.15) is 0 Å². The minimum atomic E-state index is -0.131. The van der Waals surface area contributed by atoms with Gasteiger partial charge >= 0.3 is 6.03 Å². The van der Waals surface area contributed by atoms with Crippen LogP contribution in [0, 0.1) is 0 Å². The van der Waals surface area contributed by atoms with E-state index in [0.717, 1.165) is 16.9 Å². The van der Waals surface area contributed by atoms with E-state index in [1.165, 1.54) is 0 Å². The Bertz CT molecular complexity index is 1270. The Morgan fingerprint density at radius 2 is 1.72 bits per heavy atom. The predicted octanol–water partition coefficient (Wildman–Crippen LogP) is 4.48. The maximum atomic E-state index is 12.6. The van der Waals surface area contributed by atoms with Crippen LogP contribution in [0.3, 0.4) is 0 Å². The highest BCUT2D eigenvalue weighted by molar-refractivity contribution is 6.31. The van der Waals surface area contributed by atoms with Gasteiger partial charge in [0.25, 0.3) is 0 Å². The van der Waals surface area contributed by atoms with Gasteiger partial charge in [-0.1, -0.05) is 29.3 Å². The van der Waals surface area contributed by atoms with Gasteiger partial charge in [0.2, 0.25) is 0 Å². The van der Waals surface area contributed by atoms with Crippen LogP contribution in [-0.4, -0.2) is 56.9 Å². The highest BCUT2D eigenvalue weighted by Crippen LogP contribution is 2.26. The van der Waals surface area contributed by atoms with Gasteiger partial charge in [-0.25, -0.2) is 19.4 Å². The van der Waals surface area contributed by atoms with Crippen LogP contribution < -0.4 is 10.2 Å². The Morgan fingerprint density at radius 3 is 2.47 bits per heavy atom. The predicted molar refractivity (Wildman–Crippen MR) is 126 cm³/mol. The highest BCUT2D eigenvalue weighted by atomic mass is 35.5. The van der Waals surface area contributed by atoms with E-state index < -0.39 is 0 Å². The third-order valence-corrected chi connectivity index (χ3v) is 5.85. The molecule has 8 nitrogen and oxygen atoms in total. The Labute approximate surface area is 194 Å². The number of amides is 2. The molecular weight excluding hydrogens is 449 g/mol. The van der Waals surface area contributed by atoms with Crippen LogP contribution in [0.25, 0.3) is 16.7 Å². The van der Waals surface area contributed by atoms with Crippen molar-refractivity contribution in [1.82, 2.24) is 24.6 Å². The van der Waals surface area contributed by atoms with Gasteiger partial charge in [-0.05, 0) is 42.5 Å². The van der Waals surface area contributed by atoms with Crippen molar-refractivity contribution >= 4 is 51.8 Å². The standard InChI is InChI=1S/C22H19Cl2N7O/c23-15-4-6-17(7-5-15)28-22(32)30-10-8-29(9-11-30)20-19-13-27-31(21(19)26-14-25-20)18-3-1-2-16(24)12-18/h1-7,12-14H,8-11H2,(H,28,32). The van der Waals surface area contributed by atoms with E-state index in [9.17, 15) is 4.79 Å². The number of piperazine rings is 1. The van der Waals surface area contributed by atoms with Crippen molar-refractivity contribution in [3.63, 3.8) is 0 Å². The second kappa shape index (κ2) is 8.64. The number of rotatable bonds is 3. The molecule has 0 radical (unpaired) electrons. The average Bonchev–Trinajstić information content (AvgIpc) is 3.25. The van der Waals surface area contributed by atoms with E-state index in [4.69, 9.17) is 23.2 Å². The van der Waals surface area contributed by atoms with Gasteiger partial charge in [-0.2, -0.15) is 5.10 Å². The quantitative estimate of drug-likeness (QED) is 0.480. The molecule has 3 heterocycles. The molecular formula is C22H19Cl2N7O. The fraction of sp³-hybridized carbons (Fsp3) is 0.182. The molecule has 2 aromatic heterocycles. The van der Waals surface area contributed by atoms with Crippen molar-refractivity contribution < 1.29 is 4.79 Å². The van der Waals surface area contributed by atoms with Gasteiger partial charge in [0, 0.05) is 41.9 Å². The van der Waals surface area contributed by atoms with Crippen LogP contribution in [0.5, 0.6) is 0 Å². The molecule has 32 heavy (non-hydrogen) atoms. The van der Waals surface area contributed by atoms with Crippen molar-refractivity contribution in [1.29, 1.82) is 0 Å². The van der Waals surface area contributed by atoms with E-state index in [1.807, 2.05) is 24.3 Å². The molecule has 0 bridgehead atoms.